The topological polar surface area (TPSA) is 111 Å². The monoisotopic (exact) mass is 430 g/mol. The van der Waals surface area contributed by atoms with Gasteiger partial charge in [-0.3, -0.25) is 14.9 Å². The van der Waals surface area contributed by atoms with E-state index in [1.807, 2.05) is 19.2 Å². The summed E-state index contributed by atoms with van der Waals surface area (Å²) in [5.74, 6) is -3.18. The number of halogens is 3. The minimum atomic E-state index is -5.08. The summed E-state index contributed by atoms with van der Waals surface area (Å²) in [6.45, 7) is 2.07. The molecule has 2 aliphatic heterocycles. The normalized spacial score (nSPS) is 20.1. The van der Waals surface area contributed by atoms with Crippen molar-refractivity contribution >= 4 is 29.2 Å². The van der Waals surface area contributed by atoms with Gasteiger partial charge in [0.05, 0.1) is 0 Å². The molecule has 2 fully saturated rings. The molecule has 2 amide bonds. The van der Waals surface area contributed by atoms with E-state index in [9.17, 15) is 22.8 Å². The van der Waals surface area contributed by atoms with Gasteiger partial charge in [0.15, 0.2) is 0 Å². The number of carboxylic acids is 1. The molecule has 2 saturated heterocycles. The van der Waals surface area contributed by atoms with Crippen molar-refractivity contribution in [2.75, 3.05) is 30.4 Å². The van der Waals surface area contributed by atoms with Gasteiger partial charge in [0.1, 0.15) is 6.04 Å². The van der Waals surface area contributed by atoms with Crippen molar-refractivity contribution in [3.8, 4) is 0 Å². The van der Waals surface area contributed by atoms with Crippen molar-refractivity contribution in [1.29, 1.82) is 0 Å². The quantitative estimate of drug-likeness (QED) is 0.539. The van der Waals surface area contributed by atoms with Gasteiger partial charge in [-0.2, -0.15) is 13.2 Å². The maximum absolute atomic E-state index is 11.9. The van der Waals surface area contributed by atoms with Gasteiger partial charge in [0, 0.05) is 36.9 Å². The second-order valence-corrected chi connectivity index (χ2v) is 7.05. The van der Waals surface area contributed by atoms with Crippen molar-refractivity contribution in [3.63, 3.8) is 0 Å². The lowest BCUT2D eigenvalue weighted by Gasteiger charge is -2.33. The van der Waals surface area contributed by atoms with Crippen LogP contribution in [0, 0.1) is 0 Å². The van der Waals surface area contributed by atoms with E-state index in [0.717, 1.165) is 31.6 Å². The second kappa shape index (κ2) is 10.3. The van der Waals surface area contributed by atoms with Crippen molar-refractivity contribution in [2.24, 2.45) is 0 Å². The molecule has 166 valence electrons. The molecule has 1 unspecified atom stereocenters. The SMILES string of the molecule is CNC1CCN(c2cccc(NC3CCC(=O)NC3=O)c2)CC1.O=C(O)C(F)(F)F. The highest BCUT2D eigenvalue weighted by Gasteiger charge is 2.38. The highest BCUT2D eigenvalue weighted by atomic mass is 19.4. The standard InChI is InChI=1S/C17H24N4O2.C2HF3O2/c1-18-12-7-9-21(10-8-12)14-4-2-3-13(11-14)19-15-5-6-16(22)20-17(15)23;3-2(4,5)1(6)7/h2-4,11-12,15,18-19H,5-10H2,1H3,(H,20,22,23);(H,6,7). The van der Waals surface area contributed by atoms with Crippen LogP contribution in [-0.2, 0) is 14.4 Å². The fourth-order valence-corrected chi connectivity index (χ4v) is 3.25. The van der Waals surface area contributed by atoms with E-state index in [0.29, 0.717) is 18.9 Å². The molecule has 0 aromatic heterocycles. The summed E-state index contributed by atoms with van der Waals surface area (Å²) in [7, 11) is 2.02. The van der Waals surface area contributed by atoms with Gasteiger partial charge in [0.2, 0.25) is 11.8 Å². The number of imide groups is 1. The molecule has 0 radical (unpaired) electrons. The van der Waals surface area contributed by atoms with Crippen molar-refractivity contribution in [3.05, 3.63) is 24.3 Å². The van der Waals surface area contributed by atoms with E-state index in [2.05, 4.69) is 33.0 Å². The van der Waals surface area contributed by atoms with Crippen LogP contribution in [0.25, 0.3) is 0 Å². The molecule has 0 aliphatic carbocycles. The zero-order valence-electron chi connectivity index (χ0n) is 16.5. The van der Waals surface area contributed by atoms with E-state index in [1.54, 1.807) is 0 Å². The van der Waals surface area contributed by atoms with Crippen LogP contribution in [0.3, 0.4) is 0 Å². The third-order valence-electron chi connectivity index (χ3n) is 4.94. The molecule has 2 heterocycles. The minimum Gasteiger partial charge on any atom is -0.475 e. The molecule has 8 nitrogen and oxygen atoms in total. The predicted molar refractivity (Wildman–Crippen MR) is 104 cm³/mol. The van der Waals surface area contributed by atoms with Gasteiger partial charge in [-0.15, -0.1) is 0 Å². The van der Waals surface area contributed by atoms with Crippen molar-refractivity contribution in [1.82, 2.24) is 10.6 Å². The van der Waals surface area contributed by atoms with E-state index >= 15 is 0 Å². The summed E-state index contributed by atoms with van der Waals surface area (Å²) in [5.41, 5.74) is 2.10. The van der Waals surface area contributed by atoms with Crippen LogP contribution in [0.15, 0.2) is 24.3 Å². The number of anilines is 2. The summed E-state index contributed by atoms with van der Waals surface area (Å²) in [5, 5.41) is 16.1. The number of carboxylic acid groups (broad SMARTS) is 1. The Bertz CT molecular complexity index is 764. The molecular weight excluding hydrogens is 405 g/mol. The molecule has 1 aromatic rings. The van der Waals surface area contributed by atoms with Crippen LogP contribution in [-0.4, -0.2) is 61.3 Å². The van der Waals surface area contributed by atoms with Gasteiger partial charge in [-0.1, -0.05) is 6.07 Å². The molecule has 0 saturated carbocycles. The molecule has 0 bridgehead atoms. The average Bonchev–Trinajstić information content (AvgIpc) is 2.70. The molecule has 4 N–H and O–H groups in total. The lowest BCUT2D eigenvalue weighted by molar-refractivity contribution is -0.192. The number of nitrogens with one attached hydrogen (secondary N) is 3. The maximum Gasteiger partial charge on any atom is 0.490 e. The largest absolute Gasteiger partial charge is 0.490 e. The summed E-state index contributed by atoms with van der Waals surface area (Å²) in [6, 6.07) is 8.44. The lowest BCUT2D eigenvalue weighted by atomic mass is 10.0. The fraction of sp³-hybridized carbons (Fsp3) is 0.526. The number of alkyl halides is 3. The second-order valence-electron chi connectivity index (χ2n) is 7.05. The van der Waals surface area contributed by atoms with Crippen LogP contribution in [0.5, 0.6) is 0 Å². The number of carbonyl (C=O) groups is 3. The number of carbonyl (C=O) groups excluding carboxylic acids is 2. The zero-order chi connectivity index (χ0) is 22.3. The van der Waals surface area contributed by atoms with Gasteiger partial charge < -0.3 is 20.6 Å². The Hall–Kier alpha value is -2.82. The van der Waals surface area contributed by atoms with Gasteiger partial charge in [-0.25, -0.2) is 4.79 Å². The number of benzene rings is 1. The van der Waals surface area contributed by atoms with E-state index in [-0.39, 0.29) is 17.9 Å². The Balaban J connectivity index is 0.000000396. The highest BCUT2D eigenvalue weighted by molar-refractivity contribution is 6.01. The summed E-state index contributed by atoms with van der Waals surface area (Å²) in [6.07, 6.45) is -1.87. The first-order chi connectivity index (χ1) is 14.1. The molecule has 11 heteroatoms. The number of aliphatic carboxylic acids is 1. The molecule has 1 atom stereocenters. The van der Waals surface area contributed by atoms with E-state index in [1.165, 1.54) is 5.69 Å². The first kappa shape index (κ1) is 23.5. The van der Waals surface area contributed by atoms with Crippen LogP contribution >= 0.6 is 0 Å². The summed E-state index contributed by atoms with van der Waals surface area (Å²) in [4.78, 5) is 34.3. The van der Waals surface area contributed by atoms with E-state index in [4.69, 9.17) is 9.90 Å². The van der Waals surface area contributed by atoms with Gasteiger partial charge >= 0.3 is 12.1 Å². The predicted octanol–water partition coefficient (Wildman–Crippen LogP) is 1.73. The number of piperidine rings is 2. The molecule has 30 heavy (non-hydrogen) atoms. The fourth-order valence-electron chi connectivity index (χ4n) is 3.25. The number of rotatable bonds is 4. The summed E-state index contributed by atoms with van der Waals surface area (Å²) >= 11 is 0. The third kappa shape index (κ3) is 6.90. The molecule has 2 aliphatic rings. The smallest absolute Gasteiger partial charge is 0.475 e. The van der Waals surface area contributed by atoms with Crippen LogP contribution in [0.1, 0.15) is 25.7 Å². The van der Waals surface area contributed by atoms with Crippen molar-refractivity contribution in [2.45, 2.75) is 43.9 Å². The maximum atomic E-state index is 11.9. The first-order valence-electron chi connectivity index (χ1n) is 9.52. The number of hydrogen-bond donors (Lipinski definition) is 4. The van der Waals surface area contributed by atoms with Crippen LogP contribution in [0.4, 0.5) is 24.5 Å². The zero-order valence-corrected chi connectivity index (χ0v) is 16.5. The Kier molecular flexibility index (Phi) is 8.04. The van der Waals surface area contributed by atoms with Gasteiger partial charge in [-0.05, 0) is 44.5 Å². The average molecular weight is 430 g/mol. The van der Waals surface area contributed by atoms with Crippen molar-refractivity contribution < 1.29 is 32.7 Å². The molecule has 0 spiro atoms. The highest BCUT2D eigenvalue weighted by Crippen LogP contribution is 2.24. The Morgan fingerprint density at radius 1 is 1.20 bits per heavy atom. The lowest BCUT2D eigenvalue weighted by Crippen LogP contribution is -2.47. The van der Waals surface area contributed by atoms with E-state index < -0.39 is 12.1 Å². The first-order valence-corrected chi connectivity index (χ1v) is 9.52. The Labute approximate surface area is 171 Å². The van der Waals surface area contributed by atoms with Crippen LogP contribution in [0.2, 0.25) is 0 Å². The van der Waals surface area contributed by atoms with Gasteiger partial charge in [0.25, 0.3) is 0 Å². The Morgan fingerprint density at radius 2 is 1.83 bits per heavy atom. The minimum absolute atomic E-state index is 0.186. The third-order valence-corrected chi connectivity index (χ3v) is 4.94. The molecule has 3 rings (SSSR count). The number of nitrogens with zero attached hydrogens (tertiary/aromatic N) is 1. The summed E-state index contributed by atoms with van der Waals surface area (Å²) < 4.78 is 31.7. The number of amides is 2. The Morgan fingerprint density at radius 3 is 2.37 bits per heavy atom. The number of hydrogen-bond acceptors (Lipinski definition) is 6. The molecular formula is C19H25F3N4O4. The van der Waals surface area contributed by atoms with Crippen LogP contribution < -0.4 is 20.9 Å². The molecule has 1 aromatic carbocycles.